The molecule has 1 fully saturated rings. The number of ether oxygens (including phenoxy) is 2. The van der Waals surface area contributed by atoms with E-state index in [1.54, 1.807) is 36.4 Å². The van der Waals surface area contributed by atoms with Crippen LogP contribution in [0.3, 0.4) is 0 Å². The SMILES string of the molecule is COc1ccc(NS(=O)(=O)c2cc(NC(=O)C3(C)CCCCC3)ccc2OC)cc1. The van der Waals surface area contributed by atoms with Gasteiger partial charge >= 0.3 is 0 Å². The molecule has 0 aliphatic heterocycles. The van der Waals surface area contributed by atoms with E-state index in [2.05, 4.69) is 10.0 Å². The topological polar surface area (TPSA) is 93.7 Å². The summed E-state index contributed by atoms with van der Waals surface area (Å²) in [6, 6.07) is 11.2. The van der Waals surface area contributed by atoms with E-state index >= 15 is 0 Å². The lowest BCUT2D eigenvalue weighted by atomic mass is 9.75. The van der Waals surface area contributed by atoms with Gasteiger partial charge in [-0.2, -0.15) is 0 Å². The number of hydrogen-bond acceptors (Lipinski definition) is 5. The Morgan fingerprint density at radius 3 is 2.17 bits per heavy atom. The first kappa shape index (κ1) is 22.0. The summed E-state index contributed by atoms with van der Waals surface area (Å²) in [4.78, 5) is 12.8. The fraction of sp³-hybridized carbons (Fsp3) is 0.409. The molecule has 7 nitrogen and oxygen atoms in total. The zero-order valence-corrected chi connectivity index (χ0v) is 18.3. The van der Waals surface area contributed by atoms with Gasteiger partial charge in [-0.05, 0) is 55.3 Å². The molecule has 0 heterocycles. The normalized spacial score (nSPS) is 15.8. The summed E-state index contributed by atoms with van der Waals surface area (Å²) in [5.74, 6) is 0.730. The van der Waals surface area contributed by atoms with E-state index in [0.29, 0.717) is 17.1 Å². The summed E-state index contributed by atoms with van der Waals surface area (Å²) in [5, 5.41) is 2.89. The molecule has 8 heteroatoms. The van der Waals surface area contributed by atoms with Crippen molar-refractivity contribution in [2.75, 3.05) is 24.3 Å². The zero-order chi connectivity index (χ0) is 21.8. The molecule has 0 spiro atoms. The van der Waals surface area contributed by atoms with Gasteiger partial charge in [-0.3, -0.25) is 9.52 Å². The lowest BCUT2D eigenvalue weighted by Crippen LogP contribution is -2.35. The van der Waals surface area contributed by atoms with Crippen molar-refractivity contribution in [2.24, 2.45) is 5.41 Å². The van der Waals surface area contributed by atoms with Crippen LogP contribution in [0.4, 0.5) is 11.4 Å². The number of hydrogen-bond donors (Lipinski definition) is 2. The van der Waals surface area contributed by atoms with E-state index in [9.17, 15) is 13.2 Å². The van der Waals surface area contributed by atoms with Gasteiger partial charge in [0.15, 0.2) is 0 Å². The van der Waals surface area contributed by atoms with Gasteiger partial charge in [-0.1, -0.05) is 26.2 Å². The van der Waals surface area contributed by atoms with Crippen molar-refractivity contribution in [3.05, 3.63) is 42.5 Å². The standard InChI is InChI=1S/C22H28N2O5S/c1-22(13-5-4-6-14-22)21(25)23-17-9-12-19(29-3)20(15-17)30(26,27)24-16-7-10-18(28-2)11-8-16/h7-12,15,24H,4-6,13-14H2,1-3H3,(H,23,25). The third kappa shape index (κ3) is 4.87. The van der Waals surface area contributed by atoms with E-state index in [1.807, 2.05) is 6.92 Å². The molecule has 2 aromatic rings. The van der Waals surface area contributed by atoms with Crippen LogP contribution in [0.25, 0.3) is 0 Å². The lowest BCUT2D eigenvalue weighted by molar-refractivity contribution is -0.126. The van der Waals surface area contributed by atoms with E-state index < -0.39 is 15.4 Å². The highest BCUT2D eigenvalue weighted by Crippen LogP contribution is 2.37. The molecule has 1 aliphatic carbocycles. The summed E-state index contributed by atoms with van der Waals surface area (Å²) in [7, 11) is -0.996. The van der Waals surface area contributed by atoms with Gasteiger partial charge in [0.05, 0.1) is 14.2 Å². The van der Waals surface area contributed by atoms with Crippen LogP contribution in [0.1, 0.15) is 39.0 Å². The number of amides is 1. The average Bonchev–Trinajstić information content (AvgIpc) is 2.74. The highest BCUT2D eigenvalue weighted by molar-refractivity contribution is 7.92. The van der Waals surface area contributed by atoms with Crippen LogP contribution in [0.2, 0.25) is 0 Å². The minimum absolute atomic E-state index is 0.0487. The van der Waals surface area contributed by atoms with Crippen LogP contribution in [0.5, 0.6) is 11.5 Å². The summed E-state index contributed by atoms with van der Waals surface area (Å²) in [5.41, 5.74) is 0.378. The average molecular weight is 433 g/mol. The lowest BCUT2D eigenvalue weighted by Gasteiger charge is -2.32. The first-order chi connectivity index (χ1) is 14.3. The van der Waals surface area contributed by atoms with Crippen LogP contribution < -0.4 is 19.5 Å². The summed E-state index contributed by atoms with van der Waals surface area (Å²) >= 11 is 0. The van der Waals surface area contributed by atoms with E-state index in [-0.39, 0.29) is 16.6 Å². The highest BCUT2D eigenvalue weighted by atomic mass is 32.2. The number of carbonyl (C=O) groups excluding carboxylic acids is 1. The number of nitrogens with one attached hydrogen (secondary N) is 2. The summed E-state index contributed by atoms with van der Waals surface area (Å²) in [6.07, 6.45) is 4.86. The van der Waals surface area contributed by atoms with Crippen molar-refractivity contribution in [1.82, 2.24) is 0 Å². The van der Waals surface area contributed by atoms with Gasteiger partial charge in [0.1, 0.15) is 16.4 Å². The fourth-order valence-electron chi connectivity index (χ4n) is 3.67. The van der Waals surface area contributed by atoms with E-state index in [0.717, 1.165) is 32.1 Å². The third-order valence-electron chi connectivity index (χ3n) is 5.56. The molecule has 2 aromatic carbocycles. The molecule has 3 rings (SSSR count). The molecule has 1 saturated carbocycles. The van der Waals surface area contributed by atoms with E-state index in [1.165, 1.54) is 20.3 Å². The molecule has 0 radical (unpaired) electrons. The maximum atomic E-state index is 13.0. The molecule has 1 aliphatic rings. The Morgan fingerprint density at radius 1 is 0.933 bits per heavy atom. The van der Waals surface area contributed by atoms with Gasteiger partial charge < -0.3 is 14.8 Å². The molecule has 1 amide bonds. The Hall–Kier alpha value is -2.74. The molecule has 2 N–H and O–H groups in total. The van der Waals surface area contributed by atoms with Crippen molar-refractivity contribution in [1.29, 1.82) is 0 Å². The predicted octanol–water partition coefficient (Wildman–Crippen LogP) is 4.41. The third-order valence-corrected chi connectivity index (χ3v) is 6.96. The number of carbonyl (C=O) groups is 1. The van der Waals surface area contributed by atoms with Gasteiger partial charge in [-0.15, -0.1) is 0 Å². The molecule has 0 aromatic heterocycles. The fourth-order valence-corrected chi connectivity index (χ4v) is 4.93. The van der Waals surface area contributed by atoms with Crippen molar-refractivity contribution in [3.63, 3.8) is 0 Å². The number of anilines is 2. The monoisotopic (exact) mass is 432 g/mol. The van der Waals surface area contributed by atoms with Crippen molar-refractivity contribution >= 4 is 27.3 Å². The van der Waals surface area contributed by atoms with Gasteiger partial charge in [0.25, 0.3) is 10.0 Å². The Bertz CT molecular complexity index is 997. The van der Waals surface area contributed by atoms with Gasteiger partial charge in [0.2, 0.25) is 5.91 Å². The molecule has 0 unspecified atom stereocenters. The highest BCUT2D eigenvalue weighted by Gasteiger charge is 2.34. The van der Waals surface area contributed by atoms with Crippen molar-refractivity contribution in [3.8, 4) is 11.5 Å². The van der Waals surface area contributed by atoms with Crippen LogP contribution in [-0.4, -0.2) is 28.5 Å². The number of benzene rings is 2. The second-order valence-electron chi connectivity index (χ2n) is 7.78. The molecule has 162 valence electrons. The second kappa shape index (κ2) is 8.95. The summed E-state index contributed by atoms with van der Waals surface area (Å²) < 4.78 is 38.9. The van der Waals surface area contributed by atoms with Crippen molar-refractivity contribution in [2.45, 2.75) is 43.9 Å². The van der Waals surface area contributed by atoms with Crippen molar-refractivity contribution < 1.29 is 22.7 Å². The first-order valence-corrected chi connectivity index (χ1v) is 11.4. The Kier molecular flexibility index (Phi) is 6.55. The number of sulfonamides is 1. The predicted molar refractivity (Wildman–Crippen MR) is 117 cm³/mol. The van der Waals surface area contributed by atoms with E-state index in [4.69, 9.17) is 9.47 Å². The minimum Gasteiger partial charge on any atom is -0.497 e. The Morgan fingerprint density at radius 2 is 1.57 bits per heavy atom. The number of rotatable bonds is 7. The Labute approximate surface area is 177 Å². The van der Waals surface area contributed by atoms with Crippen LogP contribution >= 0.6 is 0 Å². The summed E-state index contributed by atoms with van der Waals surface area (Å²) in [6.45, 7) is 1.97. The maximum absolute atomic E-state index is 13.0. The quantitative estimate of drug-likeness (QED) is 0.676. The minimum atomic E-state index is -3.94. The van der Waals surface area contributed by atoms with Gasteiger partial charge in [-0.25, -0.2) is 8.42 Å². The van der Waals surface area contributed by atoms with Crippen LogP contribution in [0, 0.1) is 5.41 Å². The molecule has 0 atom stereocenters. The molecule has 30 heavy (non-hydrogen) atoms. The maximum Gasteiger partial charge on any atom is 0.265 e. The van der Waals surface area contributed by atoms with Crippen LogP contribution in [0.15, 0.2) is 47.4 Å². The smallest absolute Gasteiger partial charge is 0.265 e. The Balaban J connectivity index is 1.85. The first-order valence-electron chi connectivity index (χ1n) is 9.94. The molecule has 0 bridgehead atoms. The number of methoxy groups -OCH3 is 2. The molecule has 0 saturated heterocycles. The molecular formula is C22H28N2O5S. The largest absolute Gasteiger partial charge is 0.497 e. The van der Waals surface area contributed by atoms with Gasteiger partial charge in [0, 0.05) is 16.8 Å². The second-order valence-corrected chi connectivity index (χ2v) is 9.43. The molecular weight excluding hydrogens is 404 g/mol. The van der Waals surface area contributed by atoms with Crippen LogP contribution in [-0.2, 0) is 14.8 Å². The zero-order valence-electron chi connectivity index (χ0n) is 17.5.